The van der Waals surface area contributed by atoms with Crippen LogP contribution in [-0.4, -0.2) is 24.2 Å². The molecule has 1 amide bonds. The van der Waals surface area contributed by atoms with Gasteiger partial charge in [-0.15, -0.1) is 0 Å². The molecule has 0 unspecified atom stereocenters. The molecule has 170 valence electrons. The Balaban J connectivity index is 1.46. The van der Waals surface area contributed by atoms with Gasteiger partial charge in [-0.25, -0.2) is 0 Å². The average Bonchev–Trinajstić information content (AvgIpc) is 2.83. The third kappa shape index (κ3) is 8.43. The van der Waals surface area contributed by atoms with E-state index in [9.17, 15) is 4.79 Å². The predicted octanol–water partition coefficient (Wildman–Crippen LogP) is 5.62. The van der Waals surface area contributed by atoms with Gasteiger partial charge in [0.15, 0.2) is 5.11 Å². The summed E-state index contributed by atoms with van der Waals surface area (Å²) in [6, 6.07) is 25.3. The molecule has 33 heavy (non-hydrogen) atoms. The van der Waals surface area contributed by atoms with E-state index in [-0.39, 0.29) is 11.0 Å². The van der Waals surface area contributed by atoms with Crippen molar-refractivity contribution < 1.29 is 14.3 Å². The van der Waals surface area contributed by atoms with Gasteiger partial charge in [0.1, 0.15) is 11.5 Å². The van der Waals surface area contributed by atoms with Gasteiger partial charge in [-0.05, 0) is 73.5 Å². The highest BCUT2D eigenvalue weighted by Crippen LogP contribution is 2.24. The Bertz CT molecular complexity index is 1070. The van der Waals surface area contributed by atoms with E-state index in [1.165, 1.54) is 11.6 Å². The Morgan fingerprint density at radius 3 is 2.42 bits per heavy atom. The summed E-state index contributed by atoms with van der Waals surface area (Å²) in [6.45, 7) is 3.13. The number of rotatable bonds is 10. The third-order valence-corrected chi connectivity index (χ3v) is 4.90. The molecular formula is C27H28N2O3S. The van der Waals surface area contributed by atoms with Crippen molar-refractivity contribution in [3.63, 3.8) is 0 Å². The summed E-state index contributed by atoms with van der Waals surface area (Å²) >= 11 is 5.30. The molecule has 0 spiro atoms. The molecule has 3 aromatic carbocycles. The van der Waals surface area contributed by atoms with Gasteiger partial charge in [0.05, 0.1) is 18.9 Å². The summed E-state index contributed by atoms with van der Waals surface area (Å²) in [6.07, 6.45) is 5.01. The molecule has 0 atom stereocenters. The first-order chi connectivity index (χ1) is 16.1. The maximum Gasteiger partial charge on any atom is 0.250 e. The molecule has 0 aliphatic rings. The Morgan fingerprint density at radius 1 is 0.939 bits per heavy atom. The van der Waals surface area contributed by atoms with Crippen LogP contribution < -0.4 is 20.1 Å². The number of anilines is 1. The summed E-state index contributed by atoms with van der Waals surface area (Å²) < 4.78 is 11.4. The Kier molecular flexibility index (Phi) is 9.48. The number of nitrogens with one attached hydrogen (secondary N) is 2. The first-order valence-corrected chi connectivity index (χ1v) is 11.3. The fourth-order valence-corrected chi connectivity index (χ4v) is 3.33. The van der Waals surface area contributed by atoms with Crippen LogP contribution in [0.4, 0.5) is 5.69 Å². The van der Waals surface area contributed by atoms with Crippen LogP contribution in [0.15, 0.2) is 84.9 Å². The number of amides is 1. The topological polar surface area (TPSA) is 59.6 Å². The van der Waals surface area contributed by atoms with Crippen molar-refractivity contribution in [1.29, 1.82) is 0 Å². The van der Waals surface area contributed by atoms with Gasteiger partial charge in [-0.2, -0.15) is 0 Å². The SMILES string of the molecule is CCOc1ccc(/C=C/C(=O)NC(=S)Nc2ccccc2OCCCc2ccccc2)cc1. The maximum atomic E-state index is 12.2. The van der Waals surface area contributed by atoms with E-state index in [0.29, 0.717) is 24.7 Å². The summed E-state index contributed by atoms with van der Waals surface area (Å²) in [5.41, 5.74) is 2.88. The lowest BCUT2D eigenvalue weighted by Crippen LogP contribution is -2.32. The monoisotopic (exact) mass is 460 g/mol. The molecule has 0 bridgehead atoms. The standard InChI is InChI=1S/C27H28N2O3S/c1-2-31-23-17-14-22(15-18-23)16-19-26(30)29-27(33)28-24-12-6-7-13-25(24)32-20-8-11-21-9-4-3-5-10-21/h3-7,9-10,12-19H,2,8,11,20H2,1H3,(H2,28,29,30,33)/b19-16+. The van der Waals surface area contributed by atoms with E-state index in [0.717, 1.165) is 24.2 Å². The lowest BCUT2D eigenvalue weighted by atomic mass is 10.1. The second kappa shape index (κ2) is 13.0. The van der Waals surface area contributed by atoms with Crippen molar-refractivity contribution in [3.05, 3.63) is 96.1 Å². The van der Waals surface area contributed by atoms with Crippen LogP contribution in [0.2, 0.25) is 0 Å². The van der Waals surface area contributed by atoms with Gasteiger partial charge in [0.25, 0.3) is 0 Å². The van der Waals surface area contributed by atoms with E-state index >= 15 is 0 Å². The molecule has 0 radical (unpaired) electrons. The second-order valence-electron chi connectivity index (χ2n) is 7.21. The number of carbonyl (C=O) groups is 1. The normalized spacial score (nSPS) is 10.6. The van der Waals surface area contributed by atoms with Crippen LogP contribution in [0.25, 0.3) is 6.08 Å². The smallest absolute Gasteiger partial charge is 0.250 e. The van der Waals surface area contributed by atoms with E-state index in [4.69, 9.17) is 21.7 Å². The number of aryl methyl sites for hydroxylation is 1. The van der Waals surface area contributed by atoms with Crippen LogP contribution in [-0.2, 0) is 11.2 Å². The minimum absolute atomic E-state index is 0.205. The zero-order valence-corrected chi connectivity index (χ0v) is 19.4. The van der Waals surface area contributed by atoms with Gasteiger partial charge in [-0.1, -0.05) is 54.6 Å². The molecular weight excluding hydrogens is 432 g/mol. The zero-order valence-electron chi connectivity index (χ0n) is 18.6. The minimum atomic E-state index is -0.317. The lowest BCUT2D eigenvalue weighted by molar-refractivity contribution is -0.115. The predicted molar refractivity (Wildman–Crippen MR) is 138 cm³/mol. The fourth-order valence-electron chi connectivity index (χ4n) is 3.12. The first-order valence-electron chi connectivity index (χ1n) is 10.9. The first kappa shape index (κ1) is 24.0. The molecule has 0 saturated heterocycles. The highest BCUT2D eigenvalue weighted by molar-refractivity contribution is 7.80. The molecule has 2 N–H and O–H groups in total. The second-order valence-corrected chi connectivity index (χ2v) is 7.62. The van der Waals surface area contributed by atoms with Gasteiger partial charge in [0.2, 0.25) is 5.91 Å². The minimum Gasteiger partial charge on any atom is -0.494 e. The van der Waals surface area contributed by atoms with Crippen LogP contribution in [0, 0.1) is 0 Å². The number of hydrogen-bond acceptors (Lipinski definition) is 4. The molecule has 3 rings (SSSR count). The van der Waals surface area contributed by atoms with Crippen molar-refractivity contribution in [2.75, 3.05) is 18.5 Å². The fraction of sp³-hybridized carbons (Fsp3) is 0.185. The summed E-state index contributed by atoms with van der Waals surface area (Å²) in [7, 11) is 0. The van der Waals surface area contributed by atoms with Crippen LogP contribution in [0.5, 0.6) is 11.5 Å². The number of thiocarbonyl (C=S) groups is 1. The molecule has 0 saturated carbocycles. The zero-order chi connectivity index (χ0) is 23.3. The van der Waals surface area contributed by atoms with Crippen molar-refractivity contribution in [3.8, 4) is 11.5 Å². The van der Waals surface area contributed by atoms with Gasteiger partial charge in [0, 0.05) is 6.08 Å². The van der Waals surface area contributed by atoms with Gasteiger partial charge < -0.3 is 14.8 Å². The Hall–Kier alpha value is -3.64. The molecule has 6 heteroatoms. The van der Waals surface area contributed by atoms with Crippen molar-refractivity contribution in [1.82, 2.24) is 5.32 Å². The van der Waals surface area contributed by atoms with Crippen LogP contribution in [0.3, 0.4) is 0 Å². The lowest BCUT2D eigenvalue weighted by Gasteiger charge is -2.14. The van der Waals surface area contributed by atoms with Gasteiger partial charge in [-0.3, -0.25) is 10.1 Å². The number of hydrogen-bond donors (Lipinski definition) is 2. The number of ether oxygens (including phenoxy) is 2. The van der Waals surface area contributed by atoms with E-state index in [1.54, 1.807) is 6.08 Å². The maximum absolute atomic E-state index is 12.2. The highest BCUT2D eigenvalue weighted by Gasteiger charge is 2.07. The summed E-state index contributed by atoms with van der Waals surface area (Å²) in [4.78, 5) is 12.2. The van der Waals surface area contributed by atoms with Crippen molar-refractivity contribution in [2.24, 2.45) is 0 Å². The van der Waals surface area contributed by atoms with Crippen molar-refractivity contribution in [2.45, 2.75) is 19.8 Å². The van der Waals surface area contributed by atoms with E-state index in [1.807, 2.05) is 73.7 Å². The van der Waals surface area contributed by atoms with Crippen molar-refractivity contribution >= 4 is 35.0 Å². The molecule has 3 aromatic rings. The Morgan fingerprint density at radius 2 is 1.67 bits per heavy atom. The van der Waals surface area contributed by atoms with E-state index < -0.39 is 0 Å². The van der Waals surface area contributed by atoms with E-state index in [2.05, 4.69) is 22.8 Å². The summed E-state index contributed by atoms with van der Waals surface area (Å²) in [5, 5.41) is 5.91. The van der Waals surface area contributed by atoms with Gasteiger partial charge >= 0.3 is 0 Å². The number of benzene rings is 3. The molecule has 5 nitrogen and oxygen atoms in total. The molecule has 0 aliphatic carbocycles. The summed E-state index contributed by atoms with van der Waals surface area (Å²) in [5.74, 6) is 1.17. The van der Waals surface area contributed by atoms with Crippen LogP contribution >= 0.6 is 12.2 Å². The number of para-hydroxylation sites is 2. The number of carbonyl (C=O) groups excluding carboxylic acids is 1. The molecule has 0 heterocycles. The van der Waals surface area contributed by atoms with Crippen LogP contribution in [0.1, 0.15) is 24.5 Å². The Labute approximate surface area is 200 Å². The third-order valence-electron chi connectivity index (χ3n) is 4.70. The molecule has 0 fully saturated rings. The molecule has 0 aromatic heterocycles. The quantitative estimate of drug-likeness (QED) is 0.234. The highest BCUT2D eigenvalue weighted by atomic mass is 32.1. The molecule has 0 aliphatic heterocycles. The average molecular weight is 461 g/mol. The largest absolute Gasteiger partial charge is 0.494 e.